The van der Waals surface area contributed by atoms with Crippen molar-refractivity contribution in [2.24, 2.45) is 5.73 Å². The van der Waals surface area contributed by atoms with Crippen LogP contribution in [0.5, 0.6) is 0 Å². The van der Waals surface area contributed by atoms with E-state index in [9.17, 15) is 0 Å². The predicted molar refractivity (Wildman–Crippen MR) is 89.4 cm³/mol. The van der Waals surface area contributed by atoms with Gasteiger partial charge < -0.3 is 10.6 Å². The van der Waals surface area contributed by atoms with Gasteiger partial charge in [-0.1, -0.05) is 38.0 Å². The van der Waals surface area contributed by atoms with Gasteiger partial charge in [0.1, 0.15) is 4.99 Å². The zero-order valence-corrected chi connectivity index (χ0v) is 13.2. The number of thiocarbonyl (C=S) groups is 1. The molecule has 2 N–H and O–H groups in total. The Labute approximate surface area is 125 Å². The van der Waals surface area contributed by atoms with Crippen LogP contribution in [0.15, 0.2) is 23.1 Å². The van der Waals surface area contributed by atoms with E-state index in [1.54, 1.807) is 0 Å². The summed E-state index contributed by atoms with van der Waals surface area (Å²) in [6.45, 7) is 4.40. The molecule has 104 valence electrons. The van der Waals surface area contributed by atoms with Crippen molar-refractivity contribution in [3.8, 4) is 0 Å². The van der Waals surface area contributed by atoms with Gasteiger partial charge in [0.05, 0.1) is 0 Å². The van der Waals surface area contributed by atoms with E-state index >= 15 is 0 Å². The van der Waals surface area contributed by atoms with E-state index in [2.05, 4.69) is 30.0 Å². The second-order valence-corrected chi connectivity index (χ2v) is 6.59. The molecular formula is C15H22N2S2. The van der Waals surface area contributed by atoms with Gasteiger partial charge in [-0.3, -0.25) is 0 Å². The molecule has 1 heterocycles. The van der Waals surface area contributed by atoms with Gasteiger partial charge in [0, 0.05) is 29.2 Å². The summed E-state index contributed by atoms with van der Waals surface area (Å²) in [7, 11) is 0. The highest BCUT2D eigenvalue weighted by Crippen LogP contribution is 2.32. The molecule has 0 bridgehead atoms. The standard InChI is InChI=1S/C15H22N2S2/c1-2-19-13-9-7-8-12(14(13)15(16)18)17-10-5-3-4-6-11-17/h7-9H,2-6,10-11H2,1H3,(H2,16,18). The number of anilines is 1. The Morgan fingerprint density at radius 2 is 1.95 bits per heavy atom. The van der Waals surface area contributed by atoms with E-state index in [0.717, 1.165) is 24.4 Å². The quantitative estimate of drug-likeness (QED) is 0.675. The molecule has 0 aromatic heterocycles. The maximum atomic E-state index is 5.98. The van der Waals surface area contributed by atoms with Gasteiger partial charge in [-0.15, -0.1) is 11.8 Å². The molecule has 0 radical (unpaired) electrons. The number of nitrogens with two attached hydrogens (primary N) is 1. The fourth-order valence-corrected chi connectivity index (χ4v) is 3.74. The molecule has 1 aromatic carbocycles. The Hall–Kier alpha value is -0.740. The molecule has 0 spiro atoms. The molecule has 2 nitrogen and oxygen atoms in total. The van der Waals surface area contributed by atoms with E-state index in [1.807, 2.05) is 11.8 Å². The molecule has 1 aliphatic rings. The molecule has 0 saturated carbocycles. The van der Waals surface area contributed by atoms with Crippen molar-refractivity contribution in [2.45, 2.75) is 37.5 Å². The smallest absolute Gasteiger partial charge is 0.107 e. The maximum absolute atomic E-state index is 5.98. The van der Waals surface area contributed by atoms with Gasteiger partial charge in [0.25, 0.3) is 0 Å². The molecule has 0 unspecified atom stereocenters. The molecule has 1 aromatic rings. The molecule has 4 heteroatoms. The molecular weight excluding hydrogens is 272 g/mol. The summed E-state index contributed by atoms with van der Waals surface area (Å²) < 4.78 is 0. The first-order valence-corrected chi connectivity index (χ1v) is 8.44. The minimum Gasteiger partial charge on any atom is -0.389 e. The fraction of sp³-hybridized carbons (Fsp3) is 0.533. The van der Waals surface area contributed by atoms with Crippen molar-refractivity contribution >= 4 is 34.7 Å². The summed E-state index contributed by atoms with van der Waals surface area (Å²) in [4.78, 5) is 4.20. The summed E-state index contributed by atoms with van der Waals surface area (Å²) in [5, 5.41) is 0. The Balaban J connectivity index is 2.37. The van der Waals surface area contributed by atoms with Crippen LogP contribution >= 0.6 is 24.0 Å². The number of nitrogens with zero attached hydrogens (tertiary/aromatic N) is 1. The highest BCUT2D eigenvalue weighted by molar-refractivity contribution is 7.99. The Morgan fingerprint density at radius 3 is 2.53 bits per heavy atom. The second-order valence-electron chi connectivity index (χ2n) is 4.85. The number of hydrogen-bond donors (Lipinski definition) is 1. The van der Waals surface area contributed by atoms with Crippen LogP contribution in [0.2, 0.25) is 0 Å². The van der Waals surface area contributed by atoms with Crippen LogP contribution in [0.1, 0.15) is 38.2 Å². The van der Waals surface area contributed by atoms with Gasteiger partial charge in [-0.2, -0.15) is 0 Å². The highest BCUT2D eigenvalue weighted by atomic mass is 32.2. The Morgan fingerprint density at radius 1 is 1.26 bits per heavy atom. The van der Waals surface area contributed by atoms with Crippen LogP contribution in [0.25, 0.3) is 0 Å². The lowest BCUT2D eigenvalue weighted by Crippen LogP contribution is -2.27. The molecule has 1 fully saturated rings. The summed E-state index contributed by atoms with van der Waals surface area (Å²) in [6.07, 6.45) is 5.20. The molecule has 1 aliphatic heterocycles. The molecule has 19 heavy (non-hydrogen) atoms. The van der Waals surface area contributed by atoms with Gasteiger partial charge in [-0.25, -0.2) is 0 Å². The van der Waals surface area contributed by atoms with Crippen LogP contribution in [-0.2, 0) is 0 Å². The van der Waals surface area contributed by atoms with E-state index in [1.165, 1.54) is 36.3 Å². The molecule has 0 amide bonds. The topological polar surface area (TPSA) is 29.3 Å². The van der Waals surface area contributed by atoms with Crippen LogP contribution in [-0.4, -0.2) is 23.8 Å². The monoisotopic (exact) mass is 294 g/mol. The van der Waals surface area contributed by atoms with Crippen LogP contribution < -0.4 is 10.6 Å². The third kappa shape index (κ3) is 3.63. The average molecular weight is 294 g/mol. The number of thioether (sulfide) groups is 1. The summed E-state index contributed by atoms with van der Waals surface area (Å²) in [5.74, 6) is 1.04. The van der Waals surface area contributed by atoms with Crippen molar-refractivity contribution in [2.75, 3.05) is 23.7 Å². The molecule has 1 saturated heterocycles. The minimum atomic E-state index is 0.524. The first kappa shape index (κ1) is 14.7. The molecule has 2 rings (SSSR count). The molecule has 0 atom stereocenters. The van der Waals surface area contributed by atoms with Gasteiger partial charge in [0.2, 0.25) is 0 Å². The maximum Gasteiger partial charge on any atom is 0.107 e. The van der Waals surface area contributed by atoms with Crippen molar-refractivity contribution in [3.05, 3.63) is 23.8 Å². The van der Waals surface area contributed by atoms with Crippen molar-refractivity contribution in [3.63, 3.8) is 0 Å². The lowest BCUT2D eigenvalue weighted by atomic mass is 10.1. The van der Waals surface area contributed by atoms with Gasteiger partial charge >= 0.3 is 0 Å². The van der Waals surface area contributed by atoms with Crippen molar-refractivity contribution in [1.29, 1.82) is 0 Å². The Bertz CT molecular complexity index is 438. The van der Waals surface area contributed by atoms with E-state index in [4.69, 9.17) is 18.0 Å². The Kier molecular flexibility index (Phi) is 5.52. The zero-order valence-electron chi connectivity index (χ0n) is 11.5. The first-order chi connectivity index (χ1) is 9.24. The number of benzene rings is 1. The second kappa shape index (κ2) is 7.15. The third-order valence-electron chi connectivity index (χ3n) is 3.50. The summed E-state index contributed by atoms with van der Waals surface area (Å²) >= 11 is 7.11. The van der Waals surface area contributed by atoms with Crippen molar-refractivity contribution < 1.29 is 0 Å². The number of hydrogen-bond acceptors (Lipinski definition) is 3. The van der Waals surface area contributed by atoms with E-state index in [0.29, 0.717) is 4.99 Å². The third-order valence-corrected chi connectivity index (χ3v) is 4.64. The van der Waals surface area contributed by atoms with Crippen LogP contribution in [0.3, 0.4) is 0 Å². The fourth-order valence-electron chi connectivity index (χ4n) is 2.62. The first-order valence-electron chi connectivity index (χ1n) is 7.04. The average Bonchev–Trinajstić information content (AvgIpc) is 2.67. The summed E-state index contributed by atoms with van der Waals surface area (Å²) in [5.41, 5.74) is 8.29. The van der Waals surface area contributed by atoms with Gasteiger partial charge in [0.15, 0.2) is 0 Å². The van der Waals surface area contributed by atoms with Crippen LogP contribution in [0.4, 0.5) is 5.69 Å². The lowest BCUT2D eigenvalue weighted by molar-refractivity contribution is 0.726. The lowest BCUT2D eigenvalue weighted by Gasteiger charge is -2.26. The van der Waals surface area contributed by atoms with Crippen LogP contribution in [0, 0.1) is 0 Å². The SMILES string of the molecule is CCSc1cccc(N2CCCCCC2)c1C(N)=S. The minimum absolute atomic E-state index is 0.524. The van der Waals surface area contributed by atoms with Crippen molar-refractivity contribution in [1.82, 2.24) is 0 Å². The predicted octanol–water partition coefficient (Wildman–Crippen LogP) is 3.81. The largest absolute Gasteiger partial charge is 0.389 e. The van der Waals surface area contributed by atoms with Gasteiger partial charge in [-0.05, 0) is 30.7 Å². The van der Waals surface area contributed by atoms with E-state index in [-0.39, 0.29) is 0 Å². The highest BCUT2D eigenvalue weighted by Gasteiger charge is 2.17. The zero-order chi connectivity index (χ0) is 13.7. The van der Waals surface area contributed by atoms with E-state index < -0.39 is 0 Å². The normalized spacial score (nSPS) is 16.2. The number of rotatable bonds is 4. The summed E-state index contributed by atoms with van der Waals surface area (Å²) in [6, 6.07) is 6.42. The molecule has 0 aliphatic carbocycles.